The lowest BCUT2D eigenvalue weighted by Crippen LogP contribution is -2.29. The average Bonchev–Trinajstić information content (AvgIpc) is 2.40. The van der Waals surface area contributed by atoms with Crippen molar-refractivity contribution in [2.45, 2.75) is 39.7 Å². The lowest BCUT2D eigenvalue weighted by Gasteiger charge is -2.23. The van der Waals surface area contributed by atoms with Gasteiger partial charge in [0, 0.05) is 6.54 Å². The SMILES string of the molecule is CCN(CCCN(C)C)CCC(O)c1cc(C)cc(C)c1. The maximum atomic E-state index is 10.4. The normalized spacial score (nSPS) is 13.1. The zero-order valence-corrected chi connectivity index (χ0v) is 14.4. The van der Waals surface area contributed by atoms with Crippen LogP contribution in [-0.2, 0) is 0 Å². The van der Waals surface area contributed by atoms with Gasteiger partial charge in [0.15, 0.2) is 0 Å². The molecule has 1 aromatic rings. The summed E-state index contributed by atoms with van der Waals surface area (Å²) >= 11 is 0. The number of rotatable bonds is 9. The molecule has 0 saturated carbocycles. The number of hydrogen-bond acceptors (Lipinski definition) is 3. The largest absolute Gasteiger partial charge is 0.388 e. The highest BCUT2D eigenvalue weighted by atomic mass is 16.3. The molecular weight excluding hydrogens is 260 g/mol. The topological polar surface area (TPSA) is 26.7 Å². The first-order valence-corrected chi connectivity index (χ1v) is 8.05. The fraction of sp³-hybridized carbons (Fsp3) is 0.667. The fourth-order valence-corrected chi connectivity index (χ4v) is 2.71. The number of nitrogens with zero attached hydrogens (tertiary/aromatic N) is 2. The molecule has 120 valence electrons. The molecule has 0 saturated heterocycles. The number of aryl methyl sites for hydroxylation is 2. The molecule has 0 radical (unpaired) electrons. The first-order valence-electron chi connectivity index (χ1n) is 8.05. The van der Waals surface area contributed by atoms with Crippen LogP contribution in [0, 0.1) is 13.8 Å². The third-order valence-corrected chi connectivity index (χ3v) is 3.87. The van der Waals surface area contributed by atoms with Gasteiger partial charge >= 0.3 is 0 Å². The molecule has 3 nitrogen and oxygen atoms in total. The Kier molecular flexibility index (Phi) is 7.94. The summed E-state index contributed by atoms with van der Waals surface area (Å²) in [5.41, 5.74) is 3.50. The molecular formula is C18H32N2O. The van der Waals surface area contributed by atoms with Gasteiger partial charge in [0.25, 0.3) is 0 Å². The highest BCUT2D eigenvalue weighted by molar-refractivity contribution is 5.29. The number of aliphatic hydroxyl groups excluding tert-OH is 1. The predicted octanol–water partition coefficient (Wildman–Crippen LogP) is 3.00. The average molecular weight is 292 g/mol. The summed E-state index contributed by atoms with van der Waals surface area (Å²) in [5, 5.41) is 10.4. The summed E-state index contributed by atoms with van der Waals surface area (Å²) in [5.74, 6) is 0. The van der Waals surface area contributed by atoms with E-state index >= 15 is 0 Å². The molecule has 0 fully saturated rings. The van der Waals surface area contributed by atoms with Gasteiger partial charge in [0.2, 0.25) is 0 Å². The van der Waals surface area contributed by atoms with E-state index in [-0.39, 0.29) is 6.10 Å². The van der Waals surface area contributed by atoms with Gasteiger partial charge in [-0.1, -0.05) is 36.2 Å². The highest BCUT2D eigenvalue weighted by Crippen LogP contribution is 2.20. The molecule has 0 aromatic heterocycles. The highest BCUT2D eigenvalue weighted by Gasteiger charge is 2.11. The number of aliphatic hydroxyl groups is 1. The van der Waals surface area contributed by atoms with Crippen LogP contribution in [0.5, 0.6) is 0 Å². The lowest BCUT2D eigenvalue weighted by atomic mass is 10.0. The third-order valence-electron chi connectivity index (χ3n) is 3.87. The van der Waals surface area contributed by atoms with Crippen LogP contribution in [0.4, 0.5) is 0 Å². The van der Waals surface area contributed by atoms with Crippen molar-refractivity contribution >= 4 is 0 Å². The fourth-order valence-electron chi connectivity index (χ4n) is 2.71. The first kappa shape index (κ1) is 18.1. The zero-order chi connectivity index (χ0) is 15.8. The van der Waals surface area contributed by atoms with Crippen molar-refractivity contribution in [1.82, 2.24) is 9.80 Å². The lowest BCUT2D eigenvalue weighted by molar-refractivity contribution is 0.142. The molecule has 1 N–H and O–H groups in total. The van der Waals surface area contributed by atoms with Crippen LogP contribution < -0.4 is 0 Å². The third kappa shape index (κ3) is 7.07. The molecule has 1 atom stereocenters. The van der Waals surface area contributed by atoms with E-state index in [1.807, 2.05) is 0 Å². The van der Waals surface area contributed by atoms with Crippen molar-refractivity contribution in [3.05, 3.63) is 34.9 Å². The molecule has 0 aliphatic carbocycles. The molecule has 21 heavy (non-hydrogen) atoms. The standard InChI is InChI=1S/C18H32N2O/c1-6-20(10-7-9-19(4)5)11-8-18(21)17-13-15(2)12-16(3)14-17/h12-14,18,21H,6-11H2,1-5H3. The monoisotopic (exact) mass is 292 g/mol. The van der Waals surface area contributed by atoms with Gasteiger partial charge in [-0.25, -0.2) is 0 Å². The van der Waals surface area contributed by atoms with Crippen LogP contribution >= 0.6 is 0 Å². The van der Waals surface area contributed by atoms with Gasteiger partial charge in [-0.05, 0) is 66.0 Å². The minimum Gasteiger partial charge on any atom is -0.388 e. The van der Waals surface area contributed by atoms with Crippen molar-refractivity contribution in [2.75, 3.05) is 40.3 Å². The van der Waals surface area contributed by atoms with Crippen molar-refractivity contribution < 1.29 is 5.11 Å². The molecule has 1 aromatic carbocycles. The molecule has 0 aliphatic rings. The zero-order valence-electron chi connectivity index (χ0n) is 14.4. The Bertz CT molecular complexity index is 397. The minimum absolute atomic E-state index is 0.355. The summed E-state index contributed by atoms with van der Waals surface area (Å²) < 4.78 is 0. The first-order chi connectivity index (χ1) is 9.92. The summed E-state index contributed by atoms with van der Waals surface area (Å²) in [6.45, 7) is 10.6. The molecule has 1 rings (SSSR count). The Labute approximate surface area is 130 Å². The van der Waals surface area contributed by atoms with E-state index in [9.17, 15) is 5.11 Å². The van der Waals surface area contributed by atoms with Crippen molar-refractivity contribution in [1.29, 1.82) is 0 Å². The van der Waals surface area contributed by atoms with Gasteiger partial charge in [0.1, 0.15) is 0 Å². The number of hydrogen-bond donors (Lipinski definition) is 1. The molecule has 3 heteroatoms. The van der Waals surface area contributed by atoms with E-state index in [4.69, 9.17) is 0 Å². The maximum Gasteiger partial charge on any atom is 0.0802 e. The minimum atomic E-state index is -0.355. The van der Waals surface area contributed by atoms with Crippen LogP contribution in [0.1, 0.15) is 42.6 Å². The van der Waals surface area contributed by atoms with Crippen molar-refractivity contribution in [3.8, 4) is 0 Å². The van der Waals surface area contributed by atoms with Crippen LogP contribution in [0.2, 0.25) is 0 Å². The van der Waals surface area contributed by atoms with Crippen molar-refractivity contribution in [3.63, 3.8) is 0 Å². The van der Waals surface area contributed by atoms with E-state index in [1.165, 1.54) is 17.5 Å². The number of benzene rings is 1. The van der Waals surface area contributed by atoms with Gasteiger partial charge < -0.3 is 14.9 Å². The molecule has 0 spiro atoms. The summed E-state index contributed by atoms with van der Waals surface area (Å²) in [6, 6.07) is 6.34. The summed E-state index contributed by atoms with van der Waals surface area (Å²) in [4.78, 5) is 4.65. The van der Waals surface area contributed by atoms with E-state index in [0.29, 0.717) is 0 Å². The van der Waals surface area contributed by atoms with Gasteiger partial charge in [-0.2, -0.15) is 0 Å². The van der Waals surface area contributed by atoms with E-state index in [1.54, 1.807) is 0 Å². The van der Waals surface area contributed by atoms with Gasteiger partial charge in [-0.15, -0.1) is 0 Å². The van der Waals surface area contributed by atoms with E-state index < -0.39 is 0 Å². The second kappa shape index (κ2) is 9.19. The quantitative estimate of drug-likeness (QED) is 0.758. The smallest absolute Gasteiger partial charge is 0.0802 e. The van der Waals surface area contributed by atoms with Gasteiger partial charge in [-0.3, -0.25) is 0 Å². The summed E-state index contributed by atoms with van der Waals surface area (Å²) in [7, 11) is 4.22. The second-order valence-corrected chi connectivity index (χ2v) is 6.32. The Hall–Kier alpha value is -0.900. The van der Waals surface area contributed by atoms with Crippen LogP contribution in [0.25, 0.3) is 0 Å². The summed E-state index contributed by atoms with van der Waals surface area (Å²) in [6.07, 6.45) is 1.63. The van der Waals surface area contributed by atoms with Crippen LogP contribution in [0.15, 0.2) is 18.2 Å². The maximum absolute atomic E-state index is 10.4. The van der Waals surface area contributed by atoms with Crippen LogP contribution in [0.3, 0.4) is 0 Å². The second-order valence-electron chi connectivity index (χ2n) is 6.32. The molecule has 0 amide bonds. The Balaban J connectivity index is 2.44. The van der Waals surface area contributed by atoms with Crippen LogP contribution in [-0.4, -0.2) is 55.2 Å². The van der Waals surface area contributed by atoms with Crippen molar-refractivity contribution in [2.24, 2.45) is 0 Å². The Morgan fingerprint density at radius 1 is 1.00 bits per heavy atom. The van der Waals surface area contributed by atoms with E-state index in [0.717, 1.165) is 38.2 Å². The Morgan fingerprint density at radius 2 is 1.62 bits per heavy atom. The molecule has 0 heterocycles. The molecule has 1 unspecified atom stereocenters. The molecule has 0 aliphatic heterocycles. The Morgan fingerprint density at radius 3 is 2.14 bits per heavy atom. The molecule has 0 bridgehead atoms. The van der Waals surface area contributed by atoms with E-state index in [2.05, 4.69) is 62.9 Å². The van der Waals surface area contributed by atoms with Gasteiger partial charge in [0.05, 0.1) is 6.10 Å². The predicted molar refractivity (Wildman–Crippen MR) is 90.8 cm³/mol.